The first-order chi connectivity index (χ1) is 16.9. The lowest BCUT2D eigenvalue weighted by atomic mass is 9.90. The fourth-order valence-corrected chi connectivity index (χ4v) is 4.77. The van der Waals surface area contributed by atoms with E-state index >= 15 is 0 Å². The van der Waals surface area contributed by atoms with Gasteiger partial charge in [0.15, 0.2) is 17.4 Å². The van der Waals surface area contributed by atoms with Crippen molar-refractivity contribution in [3.8, 4) is 0 Å². The van der Waals surface area contributed by atoms with Gasteiger partial charge in [0.1, 0.15) is 0 Å². The van der Waals surface area contributed by atoms with E-state index in [4.69, 9.17) is 9.90 Å². The van der Waals surface area contributed by atoms with Crippen molar-refractivity contribution in [2.24, 2.45) is 11.8 Å². The van der Waals surface area contributed by atoms with Crippen LogP contribution >= 0.6 is 0 Å². The van der Waals surface area contributed by atoms with Crippen molar-refractivity contribution in [1.29, 1.82) is 0 Å². The maximum atomic E-state index is 14.2. The van der Waals surface area contributed by atoms with Gasteiger partial charge in [-0.25, -0.2) is 18.5 Å². The van der Waals surface area contributed by atoms with Gasteiger partial charge < -0.3 is 5.11 Å². The molecule has 188 valence electrons. The molecule has 0 spiro atoms. The summed E-state index contributed by atoms with van der Waals surface area (Å²) in [5.74, 6) is -7.39. The van der Waals surface area contributed by atoms with E-state index in [9.17, 15) is 36.3 Å². The molecular formula is C24H17F5N2O5. The molecule has 2 aromatic rings. The third kappa shape index (κ3) is 4.28. The predicted molar refractivity (Wildman–Crippen MR) is 113 cm³/mol. The Labute approximate surface area is 200 Å². The average molecular weight is 508 g/mol. The number of carboxylic acid groups (broad SMARTS) is 1. The number of nitrogens with zero attached hydrogens (tertiary/aromatic N) is 2. The molecule has 36 heavy (non-hydrogen) atoms. The summed E-state index contributed by atoms with van der Waals surface area (Å²) in [5.41, 5.74) is 0.553. The summed E-state index contributed by atoms with van der Waals surface area (Å²) in [4.78, 5) is 50.7. The smallest absolute Gasteiger partial charge is 0.475 e. The molecule has 5 rings (SSSR count). The van der Waals surface area contributed by atoms with Gasteiger partial charge in [0, 0.05) is 18.2 Å². The molecule has 0 aromatic heterocycles. The molecule has 2 fully saturated rings. The Morgan fingerprint density at radius 1 is 0.917 bits per heavy atom. The van der Waals surface area contributed by atoms with Crippen LogP contribution in [0.2, 0.25) is 0 Å². The topological polar surface area (TPSA) is 95.0 Å². The van der Waals surface area contributed by atoms with Crippen molar-refractivity contribution in [2.75, 3.05) is 4.90 Å². The summed E-state index contributed by atoms with van der Waals surface area (Å²) >= 11 is 0. The number of halogens is 5. The van der Waals surface area contributed by atoms with E-state index in [-0.39, 0.29) is 23.8 Å². The Morgan fingerprint density at radius 2 is 1.53 bits per heavy atom. The van der Waals surface area contributed by atoms with Crippen LogP contribution in [0.4, 0.5) is 27.6 Å². The molecule has 3 aliphatic heterocycles. The molecule has 1 N–H and O–H groups in total. The van der Waals surface area contributed by atoms with E-state index in [0.29, 0.717) is 5.69 Å². The minimum absolute atomic E-state index is 0.0616. The molecule has 2 amide bonds. The molecule has 0 radical (unpaired) electrons. The van der Waals surface area contributed by atoms with Gasteiger partial charge in [0.05, 0.1) is 23.6 Å². The zero-order valence-electron chi connectivity index (χ0n) is 18.2. The zero-order valence-corrected chi connectivity index (χ0v) is 18.2. The van der Waals surface area contributed by atoms with Crippen molar-refractivity contribution < 1.29 is 46.2 Å². The Bertz CT molecular complexity index is 1260. The normalized spacial score (nSPS) is 25.0. The van der Waals surface area contributed by atoms with Crippen LogP contribution in [0.3, 0.4) is 0 Å². The summed E-state index contributed by atoms with van der Waals surface area (Å²) in [6.45, 7) is -0.0616. The van der Waals surface area contributed by atoms with Gasteiger partial charge in [0.2, 0.25) is 11.8 Å². The zero-order chi connectivity index (χ0) is 26.4. The summed E-state index contributed by atoms with van der Waals surface area (Å²) in [7, 11) is 0. The summed E-state index contributed by atoms with van der Waals surface area (Å²) in [6, 6.07) is 11.0. The monoisotopic (exact) mass is 508 g/mol. The maximum Gasteiger partial charge on any atom is 0.490 e. The second-order valence-electron chi connectivity index (χ2n) is 8.28. The molecule has 4 atom stereocenters. The van der Waals surface area contributed by atoms with Crippen molar-refractivity contribution >= 4 is 29.3 Å². The number of carbonyl (C=O) groups excluding carboxylic acids is 3. The molecule has 3 heterocycles. The van der Waals surface area contributed by atoms with E-state index in [1.54, 1.807) is 41.3 Å². The highest BCUT2D eigenvalue weighted by Gasteiger charge is 2.64. The van der Waals surface area contributed by atoms with Gasteiger partial charge in [-0.15, -0.1) is 0 Å². The molecule has 12 heteroatoms. The number of carboxylic acids is 1. The lowest BCUT2D eigenvalue weighted by Crippen LogP contribution is -2.48. The van der Waals surface area contributed by atoms with E-state index in [1.165, 1.54) is 18.2 Å². The van der Waals surface area contributed by atoms with Gasteiger partial charge in [-0.3, -0.25) is 19.3 Å². The lowest BCUT2D eigenvalue weighted by Gasteiger charge is -2.33. The highest BCUT2D eigenvalue weighted by molar-refractivity contribution is 6.24. The number of imide groups is 1. The van der Waals surface area contributed by atoms with Crippen LogP contribution in [0.25, 0.3) is 0 Å². The second kappa shape index (κ2) is 9.26. The van der Waals surface area contributed by atoms with Crippen LogP contribution in [0.1, 0.15) is 5.56 Å². The maximum absolute atomic E-state index is 14.2. The van der Waals surface area contributed by atoms with E-state index < -0.39 is 53.6 Å². The number of anilines is 1. The van der Waals surface area contributed by atoms with E-state index in [2.05, 4.69) is 0 Å². The third-order valence-corrected chi connectivity index (χ3v) is 6.24. The molecule has 4 unspecified atom stereocenters. The van der Waals surface area contributed by atoms with Crippen molar-refractivity contribution in [2.45, 2.75) is 24.8 Å². The Kier molecular flexibility index (Phi) is 6.48. The second-order valence-corrected chi connectivity index (χ2v) is 8.28. The standard InChI is InChI=1S/C22H16F2N2O3.C2HF3O2/c23-14-8-4-5-12(19(14)24)11-25-15-9-10-16(27)20(25)18-17(15)21(28)26(22(18)29)13-6-2-1-3-7-13;3-2(4,5)1(6)7/h1-10,15,17-18,20H,11H2;(H,6,7). The molecule has 0 saturated carbocycles. The number of aliphatic carboxylic acids is 1. The molecule has 0 aliphatic carbocycles. The number of ketones is 1. The first-order valence-corrected chi connectivity index (χ1v) is 10.6. The number of benzene rings is 2. The largest absolute Gasteiger partial charge is 0.490 e. The predicted octanol–water partition coefficient (Wildman–Crippen LogP) is 3.10. The van der Waals surface area contributed by atoms with Crippen LogP contribution < -0.4 is 4.90 Å². The van der Waals surface area contributed by atoms with Gasteiger partial charge >= 0.3 is 12.1 Å². The molecular weight excluding hydrogens is 491 g/mol. The Hall–Kier alpha value is -3.93. The highest BCUT2D eigenvalue weighted by atomic mass is 19.4. The number of carbonyl (C=O) groups is 4. The Morgan fingerprint density at radius 3 is 2.14 bits per heavy atom. The number of hydrogen-bond donors (Lipinski definition) is 1. The van der Waals surface area contributed by atoms with Gasteiger partial charge in [-0.2, -0.15) is 13.2 Å². The van der Waals surface area contributed by atoms with Crippen LogP contribution in [-0.4, -0.2) is 51.8 Å². The summed E-state index contributed by atoms with van der Waals surface area (Å²) in [5, 5.41) is 7.12. The van der Waals surface area contributed by atoms with Crippen LogP contribution in [0.15, 0.2) is 60.7 Å². The van der Waals surface area contributed by atoms with Crippen LogP contribution in [0, 0.1) is 23.5 Å². The molecule has 3 aliphatic rings. The number of para-hydroxylation sites is 1. The fourth-order valence-electron chi connectivity index (χ4n) is 4.77. The lowest BCUT2D eigenvalue weighted by molar-refractivity contribution is -0.192. The molecule has 2 bridgehead atoms. The van der Waals surface area contributed by atoms with Crippen molar-refractivity contribution in [3.05, 3.63) is 77.9 Å². The quantitative estimate of drug-likeness (QED) is 0.506. The number of amides is 2. The minimum atomic E-state index is -5.08. The summed E-state index contributed by atoms with van der Waals surface area (Å²) < 4.78 is 59.6. The molecule has 2 aromatic carbocycles. The molecule has 2 saturated heterocycles. The van der Waals surface area contributed by atoms with Gasteiger partial charge in [0.25, 0.3) is 0 Å². The van der Waals surface area contributed by atoms with Crippen LogP contribution in [0.5, 0.6) is 0 Å². The van der Waals surface area contributed by atoms with Crippen molar-refractivity contribution in [1.82, 2.24) is 4.90 Å². The summed E-state index contributed by atoms with van der Waals surface area (Å²) in [6.07, 6.45) is -2.10. The van der Waals surface area contributed by atoms with Crippen LogP contribution in [-0.2, 0) is 25.7 Å². The SMILES string of the molecule is O=C(O)C(F)(F)F.O=C1C=CC2C3C(=O)N(c4ccccc4)C(=O)C3C1N2Cc1cccc(F)c1F. The van der Waals surface area contributed by atoms with E-state index in [0.717, 1.165) is 11.0 Å². The van der Waals surface area contributed by atoms with Gasteiger partial charge in [-0.1, -0.05) is 36.4 Å². The average Bonchev–Trinajstić information content (AvgIpc) is 3.21. The Balaban J connectivity index is 0.000000384. The van der Waals surface area contributed by atoms with Gasteiger partial charge in [-0.05, 0) is 24.3 Å². The first kappa shape index (κ1) is 25.2. The fraction of sp³-hybridized carbons (Fsp3) is 0.250. The first-order valence-electron chi connectivity index (χ1n) is 10.6. The van der Waals surface area contributed by atoms with Crippen molar-refractivity contribution in [3.63, 3.8) is 0 Å². The molecule has 7 nitrogen and oxygen atoms in total. The number of alkyl halides is 3. The van der Waals surface area contributed by atoms with E-state index in [1.807, 2.05) is 0 Å². The minimum Gasteiger partial charge on any atom is -0.475 e. The number of rotatable bonds is 3. The number of hydrogen-bond acceptors (Lipinski definition) is 5. The third-order valence-electron chi connectivity index (χ3n) is 6.24. The highest BCUT2D eigenvalue weighted by Crippen LogP contribution is 2.47. The number of fused-ring (bicyclic) bond motifs is 5.